The number of fused-ring (bicyclic) bond motifs is 1. The summed E-state index contributed by atoms with van der Waals surface area (Å²) in [6.07, 6.45) is 7.51. The maximum atomic E-state index is 13.3. The second-order valence-electron chi connectivity index (χ2n) is 9.64. The van der Waals surface area contributed by atoms with Gasteiger partial charge in [-0.25, -0.2) is 8.42 Å². The number of para-hydroxylation sites is 1. The van der Waals surface area contributed by atoms with E-state index in [4.69, 9.17) is 4.74 Å². The summed E-state index contributed by atoms with van der Waals surface area (Å²) in [5, 5.41) is 3.31. The Morgan fingerprint density at radius 1 is 0.939 bits per heavy atom. The lowest BCUT2D eigenvalue weighted by molar-refractivity contribution is -0.127. The molecule has 1 amide bonds. The van der Waals surface area contributed by atoms with Crippen molar-refractivity contribution in [3.63, 3.8) is 0 Å². The molecule has 0 bridgehead atoms. The molecule has 1 N–H and O–H groups in total. The maximum Gasteiger partial charge on any atom is 0.243 e. The molecular formula is C26H32N2O4S. The van der Waals surface area contributed by atoms with Gasteiger partial charge in [-0.3, -0.25) is 4.79 Å². The van der Waals surface area contributed by atoms with Crippen LogP contribution in [0.5, 0.6) is 5.75 Å². The molecular weight excluding hydrogens is 436 g/mol. The average Bonchev–Trinajstić information content (AvgIpc) is 2.85. The van der Waals surface area contributed by atoms with Gasteiger partial charge in [0, 0.05) is 31.0 Å². The van der Waals surface area contributed by atoms with E-state index in [1.165, 1.54) is 10.7 Å². The summed E-state index contributed by atoms with van der Waals surface area (Å²) in [5.41, 5.74) is 0.864. The van der Waals surface area contributed by atoms with Crippen molar-refractivity contribution in [1.82, 2.24) is 9.62 Å². The molecule has 5 rings (SSSR count). The fourth-order valence-electron chi connectivity index (χ4n) is 5.64. The van der Waals surface area contributed by atoms with Gasteiger partial charge in [-0.15, -0.1) is 0 Å². The molecule has 3 aliphatic rings. The number of nitrogens with zero attached hydrogens (tertiary/aromatic N) is 1. The van der Waals surface area contributed by atoms with Crippen molar-refractivity contribution in [1.29, 1.82) is 0 Å². The van der Waals surface area contributed by atoms with Crippen LogP contribution >= 0.6 is 0 Å². The van der Waals surface area contributed by atoms with Crippen LogP contribution in [0.15, 0.2) is 59.5 Å². The third kappa shape index (κ3) is 4.53. The van der Waals surface area contributed by atoms with Crippen LogP contribution in [0.1, 0.15) is 63.0 Å². The Morgan fingerprint density at radius 2 is 1.61 bits per heavy atom. The van der Waals surface area contributed by atoms with Crippen LogP contribution in [-0.4, -0.2) is 37.3 Å². The van der Waals surface area contributed by atoms with Crippen LogP contribution in [0.3, 0.4) is 0 Å². The van der Waals surface area contributed by atoms with E-state index in [1.54, 1.807) is 24.3 Å². The Balaban J connectivity index is 1.26. The van der Waals surface area contributed by atoms with Crippen molar-refractivity contribution < 1.29 is 17.9 Å². The highest BCUT2D eigenvalue weighted by Gasteiger charge is 2.43. The molecule has 0 radical (unpaired) electrons. The number of benzene rings is 2. The highest BCUT2D eigenvalue weighted by molar-refractivity contribution is 7.89. The second kappa shape index (κ2) is 9.11. The van der Waals surface area contributed by atoms with Crippen molar-refractivity contribution >= 4 is 15.9 Å². The summed E-state index contributed by atoms with van der Waals surface area (Å²) < 4.78 is 33.8. The van der Waals surface area contributed by atoms with Gasteiger partial charge >= 0.3 is 0 Å². The minimum absolute atomic E-state index is 0.0272. The van der Waals surface area contributed by atoms with Gasteiger partial charge < -0.3 is 10.1 Å². The summed E-state index contributed by atoms with van der Waals surface area (Å²) in [6.45, 7) is 0.729. The third-order valence-corrected chi connectivity index (χ3v) is 9.40. The molecule has 0 aromatic heterocycles. The first kappa shape index (κ1) is 22.4. The predicted molar refractivity (Wildman–Crippen MR) is 126 cm³/mol. The molecule has 6 nitrogen and oxygen atoms in total. The van der Waals surface area contributed by atoms with Crippen molar-refractivity contribution in [3.05, 3.63) is 60.2 Å². The quantitative estimate of drug-likeness (QED) is 0.720. The molecule has 0 unspecified atom stereocenters. The minimum atomic E-state index is -3.51. The van der Waals surface area contributed by atoms with E-state index < -0.39 is 10.0 Å². The first-order chi connectivity index (χ1) is 16.0. The summed E-state index contributed by atoms with van der Waals surface area (Å²) in [4.78, 5) is 13.6. The van der Waals surface area contributed by atoms with Crippen LogP contribution in [0.2, 0.25) is 0 Å². The molecule has 1 atom stereocenters. The number of hydrogen-bond acceptors (Lipinski definition) is 4. The zero-order chi connectivity index (χ0) is 22.9. The number of carbonyl (C=O) groups excluding carboxylic acids is 1. The first-order valence-corrected chi connectivity index (χ1v) is 13.5. The van der Waals surface area contributed by atoms with Crippen LogP contribution in [0.25, 0.3) is 0 Å². The van der Waals surface area contributed by atoms with E-state index in [2.05, 4.69) is 5.32 Å². The molecule has 7 heteroatoms. The van der Waals surface area contributed by atoms with Gasteiger partial charge in [-0.2, -0.15) is 4.31 Å². The molecule has 1 aliphatic carbocycles. The van der Waals surface area contributed by atoms with Crippen LogP contribution < -0.4 is 10.1 Å². The highest BCUT2D eigenvalue weighted by atomic mass is 32.2. The molecule has 2 fully saturated rings. The van der Waals surface area contributed by atoms with Crippen molar-refractivity contribution in [2.75, 3.05) is 13.1 Å². The Kier molecular flexibility index (Phi) is 6.18. The van der Waals surface area contributed by atoms with Crippen LogP contribution in [0.4, 0.5) is 0 Å². The smallest absolute Gasteiger partial charge is 0.243 e. The lowest BCUT2D eigenvalue weighted by atomic mass is 9.77. The molecule has 1 saturated heterocycles. The van der Waals surface area contributed by atoms with E-state index in [0.717, 1.165) is 43.4 Å². The number of piperidine rings is 1. The fraction of sp³-hybridized carbons (Fsp3) is 0.500. The van der Waals surface area contributed by atoms with E-state index in [-0.39, 0.29) is 23.5 Å². The zero-order valence-electron chi connectivity index (χ0n) is 18.9. The third-order valence-electron chi connectivity index (χ3n) is 7.48. The lowest BCUT2D eigenvalue weighted by Crippen LogP contribution is -2.48. The van der Waals surface area contributed by atoms with Gasteiger partial charge in [0.25, 0.3) is 0 Å². The largest absolute Gasteiger partial charge is 0.487 e. The molecule has 1 saturated carbocycles. The Hall–Kier alpha value is -2.38. The summed E-state index contributed by atoms with van der Waals surface area (Å²) >= 11 is 0. The molecule has 2 aromatic rings. The van der Waals surface area contributed by atoms with Crippen molar-refractivity contribution in [3.8, 4) is 5.75 Å². The summed E-state index contributed by atoms with van der Waals surface area (Å²) in [6, 6.07) is 16.5. The molecule has 2 aliphatic heterocycles. The SMILES string of the molecule is O=C(N[C@H]1CC2(CCCCC2)Oc2ccccc21)C1CCN(S(=O)(=O)c2ccccc2)CC1. The number of hydrogen-bond donors (Lipinski definition) is 1. The minimum Gasteiger partial charge on any atom is -0.487 e. The number of amides is 1. The van der Waals surface area contributed by atoms with Gasteiger partial charge in [-0.1, -0.05) is 42.8 Å². The molecule has 33 heavy (non-hydrogen) atoms. The van der Waals surface area contributed by atoms with E-state index in [9.17, 15) is 13.2 Å². The molecule has 176 valence electrons. The number of carbonyl (C=O) groups is 1. The highest BCUT2D eigenvalue weighted by Crippen LogP contribution is 2.46. The van der Waals surface area contributed by atoms with E-state index in [0.29, 0.717) is 30.8 Å². The Labute approximate surface area is 196 Å². The first-order valence-electron chi connectivity index (χ1n) is 12.1. The van der Waals surface area contributed by atoms with Gasteiger partial charge in [-0.05, 0) is 56.7 Å². The van der Waals surface area contributed by atoms with E-state index >= 15 is 0 Å². The standard InChI is InChI=1S/C26H32N2O4S/c29-25(20-13-17-28(18-14-20)33(30,31)21-9-3-1-4-10-21)27-23-19-26(15-7-2-8-16-26)32-24-12-6-5-11-22(23)24/h1,3-6,9-12,20,23H,2,7-8,13-19H2,(H,27,29)/t23-/m0/s1. The molecule has 2 aromatic carbocycles. The zero-order valence-corrected chi connectivity index (χ0v) is 19.7. The van der Waals surface area contributed by atoms with Gasteiger partial charge in [0.15, 0.2) is 0 Å². The number of sulfonamides is 1. The maximum absolute atomic E-state index is 13.3. The Bertz CT molecular complexity index is 1090. The number of rotatable bonds is 4. The van der Waals surface area contributed by atoms with Gasteiger partial charge in [0.2, 0.25) is 15.9 Å². The predicted octanol–water partition coefficient (Wildman–Crippen LogP) is 4.43. The average molecular weight is 469 g/mol. The van der Waals surface area contributed by atoms with Gasteiger partial charge in [0.05, 0.1) is 10.9 Å². The Morgan fingerprint density at radius 3 is 2.33 bits per heavy atom. The molecule has 2 heterocycles. The van der Waals surface area contributed by atoms with Crippen molar-refractivity contribution in [2.45, 2.75) is 67.9 Å². The second-order valence-corrected chi connectivity index (χ2v) is 11.6. The summed E-state index contributed by atoms with van der Waals surface area (Å²) in [5.74, 6) is 0.740. The lowest BCUT2D eigenvalue weighted by Gasteiger charge is -2.45. The normalized spacial score (nSPS) is 23.5. The number of ether oxygens (including phenoxy) is 1. The van der Waals surface area contributed by atoms with Crippen molar-refractivity contribution in [2.24, 2.45) is 5.92 Å². The van der Waals surface area contributed by atoms with Crippen LogP contribution in [0, 0.1) is 5.92 Å². The van der Waals surface area contributed by atoms with E-state index in [1.807, 2.05) is 30.3 Å². The molecule has 1 spiro atoms. The monoisotopic (exact) mass is 468 g/mol. The number of nitrogens with one attached hydrogen (secondary N) is 1. The topological polar surface area (TPSA) is 75.7 Å². The fourth-order valence-corrected chi connectivity index (χ4v) is 7.13. The summed E-state index contributed by atoms with van der Waals surface area (Å²) in [7, 11) is -3.51. The van der Waals surface area contributed by atoms with Gasteiger partial charge in [0.1, 0.15) is 11.4 Å². The van der Waals surface area contributed by atoms with Crippen LogP contribution in [-0.2, 0) is 14.8 Å².